The second kappa shape index (κ2) is 3.85. The molecule has 1 aromatic heterocycles. The molecule has 1 atom stereocenters. The third-order valence-corrected chi connectivity index (χ3v) is 4.96. The second-order valence-corrected chi connectivity index (χ2v) is 6.26. The van der Waals surface area contributed by atoms with Gasteiger partial charge in [0.05, 0.1) is 17.1 Å². The van der Waals surface area contributed by atoms with Gasteiger partial charge in [0.15, 0.2) is 11.4 Å². The van der Waals surface area contributed by atoms with E-state index in [-0.39, 0.29) is 22.6 Å². The molecular weight excluding hydrogens is 312 g/mol. The topological polar surface area (TPSA) is 51.5 Å². The van der Waals surface area contributed by atoms with E-state index in [4.69, 9.17) is 4.74 Å². The zero-order valence-electron chi connectivity index (χ0n) is 11.1. The van der Waals surface area contributed by atoms with Crippen molar-refractivity contribution in [3.05, 3.63) is 26.1 Å². The lowest BCUT2D eigenvalue weighted by Gasteiger charge is -2.40. The number of halogens is 1. The van der Waals surface area contributed by atoms with E-state index >= 15 is 0 Å². The van der Waals surface area contributed by atoms with Gasteiger partial charge in [-0.1, -0.05) is 0 Å². The lowest BCUT2D eigenvalue weighted by atomic mass is 9.96. The third kappa shape index (κ3) is 1.46. The van der Waals surface area contributed by atoms with Crippen molar-refractivity contribution in [1.82, 2.24) is 9.47 Å². The van der Waals surface area contributed by atoms with Gasteiger partial charge in [-0.2, -0.15) is 0 Å². The molecule has 0 aromatic carbocycles. The number of amides is 1. The van der Waals surface area contributed by atoms with Crippen molar-refractivity contribution in [2.75, 3.05) is 20.7 Å². The molecule has 19 heavy (non-hydrogen) atoms. The van der Waals surface area contributed by atoms with Crippen LogP contribution < -0.4 is 10.2 Å². The van der Waals surface area contributed by atoms with Gasteiger partial charge in [0.1, 0.15) is 0 Å². The summed E-state index contributed by atoms with van der Waals surface area (Å²) in [5.74, 6) is -0.0117. The zero-order valence-corrected chi connectivity index (χ0v) is 12.7. The summed E-state index contributed by atoms with van der Waals surface area (Å²) in [6, 6.07) is 0. The first-order valence-corrected chi connectivity index (χ1v) is 6.97. The van der Waals surface area contributed by atoms with Crippen molar-refractivity contribution in [3.63, 3.8) is 0 Å². The van der Waals surface area contributed by atoms with Gasteiger partial charge in [0.25, 0.3) is 5.91 Å². The van der Waals surface area contributed by atoms with E-state index in [2.05, 4.69) is 22.9 Å². The normalized spacial score (nSPS) is 24.6. The number of ether oxygens (including phenoxy) is 1. The van der Waals surface area contributed by atoms with Crippen LogP contribution >= 0.6 is 15.9 Å². The highest BCUT2D eigenvalue weighted by molar-refractivity contribution is 9.10. The maximum absolute atomic E-state index is 12.4. The molecule has 0 fully saturated rings. The van der Waals surface area contributed by atoms with Crippen molar-refractivity contribution in [3.8, 4) is 5.75 Å². The highest BCUT2D eigenvalue weighted by atomic mass is 79.9. The molecule has 5 nitrogen and oxygen atoms in total. The molecule has 2 aliphatic heterocycles. The number of likely N-dealkylation sites (N-methyl/N-ethyl adjacent to an activating group) is 1. The number of methoxy groups -OCH3 is 1. The Labute approximate surface area is 119 Å². The summed E-state index contributed by atoms with van der Waals surface area (Å²) in [5, 5.41) is 0. The quantitative estimate of drug-likeness (QED) is 0.783. The summed E-state index contributed by atoms with van der Waals surface area (Å²) < 4.78 is 7.73. The van der Waals surface area contributed by atoms with Crippen molar-refractivity contribution in [2.24, 2.45) is 0 Å². The Balaban J connectivity index is 2.46. The third-order valence-electron chi connectivity index (χ3n) is 4.14. The van der Waals surface area contributed by atoms with Gasteiger partial charge in [-0.25, -0.2) is 0 Å². The molecule has 0 saturated carbocycles. The van der Waals surface area contributed by atoms with Crippen LogP contribution in [0.3, 0.4) is 0 Å². The average molecular weight is 327 g/mol. The SMILES string of the molecule is COc1c2n3c(c(Br)c1=O)CCC3(C)CN(C)C2=O. The molecule has 0 radical (unpaired) electrons. The predicted molar refractivity (Wildman–Crippen MR) is 73.9 cm³/mol. The summed E-state index contributed by atoms with van der Waals surface area (Å²) >= 11 is 3.36. The van der Waals surface area contributed by atoms with Crippen molar-refractivity contribution >= 4 is 21.8 Å². The van der Waals surface area contributed by atoms with E-state index in [0.29, 0.717) is 16.7 Å². The van der Waals surface area contributed by atoms with Crippen LogP contribution in [0.5, 0.6) is 5.75 Å². The lowest BCUT2D eigenvalue weighted by molar-refractivity contribution is 0.0637. The van der Waals surface area contributed by atoms with Gasteiger partial charge in [0, 0.05) is 19.3 Å². The van der Waals surface area contributed by atoms with Crippen LogP contribution in [0, 0.1) is 0 Å². The summed E-state index contributed by atoms with van der Waals surface area (Å²) in [5.41, 5.74) is 0.900. The molecule has 3 heterocycles. The molecule has 1 unspecified atom stereocenters. The lowest BCUT2D eigenvalue weighted by Crippen LogP contribution is -2.50. The van der Waals surface area contributed by atoms with Crippen LogP contribution in [0.15, 0.2) is 9.27 Å². The standard InChI is InChI=1S/C13H15BrN2O3/c1-13-5-4-7-8(14)10(17)11(19-3)9(16(7)13)12(18)15(2)6-13/h4-6H2,1-3H3. The molecule has 0 aliphatic carbocycles. The molecule has 6 heteroatoms. The first kappa shape index (κ1) is 12.7. The molecule has 0 saturated heterocycles. The number of aromatic nitrogens is 1. The predicted octanol–water partition coefficient (Wildman–Crippen LogP) is 1.37. The van der Waals surface area contributed by atoms with E-state index in [0.717, 1.165) is 18.5 Å². The van der Waals surface area contributed by atoms with Gasteiger partial charge in [-0.3, -0.25) is 9.59 Å². The van der Waals surface area contributed by atoms with Crippen LogP contribution in [0.4, 0.5) is 0 Å². The Morgan fingerprint density at radius 1 is 1.37 bits per heavy atom. The zero-order chi connectivity index (χ0) is 13.9. The van der Waals surface area contributed by atoms with Crippen LogP contribution in [0.25, 0.3) is 0 Å². The van der Waals surface area contributed by atoms with E-state index in [1.165, 1.54) is 7.11 Å². The molecule has 1 amide bonds. The fourth-order valence-corrected chi connectivity index (χ4v) is 3.84. The Morgan fingerprint density at radius 2 is 2.05 bits per heavy atom. The largest absolute Gasteiger partial charge is 0.491 e. The van der Waals surface area contributed by atoms with Gasteiger partial charge >= 0.3 is 0 Å². The Kier molecular flexibility index (Phi) is 2.58. The molecule has 1 aromatic rings. The van der Waals surface area contributed by atoms with Crippen LogP contribution in [-0.2, 0) is 12.0 Å². The maximum Gasteiger partial charge on any atom is 0.274 e. The number of carbonyl (C=O) groups excluding carboxylic acids is 1. The first-order valence-electron chi connectivity index (χ1n) is 6.18. The molecular formula is C13H15BrN2O3. The van der Waals surface area contributed by atoms with Crippen molar-refractivity contribution in [1.29, 1.82) is 0 Å². The van der Waals surface area contributed by atoms with Crippen LogP contribution in [-0.4, -0.2) is 36.1 Å². The summed E-state index contributed by atoms with van der Waals surface area (Å²) in [7, 11) is 3.20. The first-order chi connectivity index (χ1) is 8.90. The number of pyridine rings is 1. The van der Waals surface area contributed by atoms with Gasteiger partial charge < -0.3 is 14.2 Å². The minimum Gasteiger partial charge on any atom is -0.491 e. The minimum absolute atomic E-state index is 0.139. The number of rotatable bonds is 1. The average Bonchev–Trinajstić information content (AvgIpc) is 2.70. The number of carbonyl (C=O) groups is 1. The number of hydrogen-bond donors (Lipinski definition) is 0. The summed E-state index contributed by atoms with van der Waals surface area (Å²) in [4.78, 5) is 26.3. The Morgan fingerprint density at radius 3 is 2.68 bits per heavy atom. The molecule has 3 rings (SSSR count). The fraction of sp³-hybridized carbons (Fsp3) is 0.538. The number of hydrogen-bond acceptors (Lipinski definition) is 3. The van der Waals surface area contributed by atoms with Crippen LogP contribution in [0.1, 0.15) is 29.5 Å². The van der Waals surface area contributed by atoms with Gasteiger partial charge in [0.2, 0.25) is 5.43 Å². The molecule has 2 aliphatic rings. The Hall–Kier alpha value is -1.30. The number of nitrogens with zero attached hydrogens (tertiary/aromatic N) is 2. The Bertz CT molecular complexity index is 652. The minimum atomic E-state index is -0.239. The van der Waals surface area contributed by atoms with E-state index in [1.807, 2.05) is 4.57 Å². The highest BCUT2D eigenvalue weighted by Crippen LogP contribution is 2.41. The smallest absolute Gasteiger partial charge is 0.274 e. The molecule has 0 bridgehead atoms. The van der Waals surface area contributed by atoms with Crippen LogP contribution in [0.2, 0.25) is 0 Å². The second-order valence-electron chi connectivity index (χ2n) is 5.47. The van der Waals surface area contributed by atoms with Crippen molar-refractivity contribution < 1.29 is 9.53 Å². The fourth-order valence-electron chi connectivity index (χ4n) is 3.29. The molecule has 102 valence electrons. The van der Waals surface area contributed by atoms with Crippen molar-refractivity contribution in [2.45, 2.75) is 25.3 Å². The monoisotopic (exact) mass is 326 g/mol. The van der Waals surface area contributed by atoms with E-state index in [1.54, 1.807) is 11.9 Å². The van der Waals surface area contributed by atoms with Gasteiger partial charge in [-0.15, -0.1) is 0 Å². The molecule has 0 spiro atoms. The van der Waals surface area contributed by atoms with Gasteiger partial charge in [-0.05, 0) is 35.7 Å². The summed E-state index contributed by atoms with van der Waals surface area (Å²) in [6.07, 6.45) is 1.72. The van der Waals surface area contributed by atoms with E-state index < -0.39 is 0 Å². The molecule has 0 N–H and O–H groups in total. The summed E-state index contributed by atoms with van der Waals surface area (Å²) in [6.45, 7) is 2.77. The maximum atomic E-state index is 12.4. The highest BCUT2D eigenvalue weighted by Gasteiger charge is 2.45. The van der Waals surface area contributed by atoms with E-state index in [9.17, 15) is 9.59 Å².